The first kappa shape index (κ1) is 13.4. The van der Waals surface area contributed by atoms with E-state index >= 15 is 0 Å². The zero-order chi connectivity index (χ0) is 14.0. The maximum absolute atomic E-state index is 12.1. The van der Waals surface area contributed by atoms with Crippen molar-refractivity contribution >= 4 is 33.2 Å². The van der Waals surface area contributed by atoms with E-state index < -0.39 is 0 Å². The number of aromatic hydroxyl groups is 1. The fraction of sp³-hybridized carbons (Fsp3) is 0.0714. The molecular formula is C14H13BrN2O2. The van der Waals surface area contributed by atoms with Crippen LogP contribution in [-0.2, 0) is 0 Å². The largest absolute Gasteiger partial charge is 0.507 e. The van der Waals surface area contributed by atoms with Crippen LogP contribution >= 0.6 is 15.9 Å². The number of anilines is 2. The zero-order valence-corrected chi connectivity index (χ0v) is 11.9. The van der Waals surface area contributed by atoms with Gasteiger partial charge in [0.05, 0.1) is 11.3 Å². The normalized spacial score (nSPS) is 10.2. The lowest BCUT2D eigenvalue weighted by molar-refractivity contribution is 0.102. The molecule has 4 N–H and O–H groups in total. The number of nitrogens with two attached hydrogens (primary N) is 1. The summed E-state index contributed by atoms with van der Waals surface area (Å²) in [6, 6.07) is 10.0. The molecule has 2 rings (SSSR count). The number of carbonyl (C=O) groups excluding carboxylic acids is 1. The zero-order valence-electron chi connectivity index (χ0n) is 10.3. The summed E-state index contributed by atoms with van der Waals surface area (Å²) in [5, 5.41) is 12.5. The third-order valence-corrected chi connectivity index (χ3v) is 3.33. The van der Waals surface area contributed by atoms with E-state index in [-0.39, 0.29) is 17.2 Å². The van der Waals surface area contributed by atoms with E-state index in [0.717, 1.165) is 10.0 Å². The van der Waals surface area contributed by atoms with Crippen molar-refractivity contribution in [2.24, 2.45) is 0 Å². The van der Waals surface area contributed by atoms with Crippen molar-refractivity contribution in [3.63, 3.8) is 0 Å². The highest BCUT2D eigenvalue weighted by molar-refractivity contribution is 9.10. The molecule has 4 nitrogen and oxygen atoms in total. The molecule has 0 aromatic heterocycles. The first-order chi connectivity index (χ1) is 8.97. The number of rotatable bonds is 2. The minimum atomic E-state index is -0.385. The highest BCUT2D eigenvalue weighted by Crippen LogP contribution is 2.26. The molecule has 0 aliphatic rings. The van der Waals surface area contributed by atoms with Gasteiger partial charge >= 0.3 is 0 Å². The molecule has 0 fully saturated rings. The second-order valence-electron chi connectivity index (χ2n) is 4.21. The standard InChI is InChI=1S/C14H13BrN2O2/c1-8-2-4-10(13(18)6-8)14(19)17-12-7-9(16)3-5-11(12)15/h2-7,18H,16H2,1H3,(H,17,19). The highest BCUT2D eigenvalue weighted by Gasteiger charge is 2.12. The first-order valence-corrected chi connectivity index (χ1v) is 6.42. The van der Waals surface area contributed by atoms with E-state index in [1.54, 1.807) is 36.4 Å². The van der Waals surface area contributed by atoms with E-state index in [9.17, 15) is 9.90 Å². The van der Waals surface area contributed by atoms with Crippen molar-refractivity contribution < 1.29 is 9.90 Å². The van der Waals surface area contributed by atoms with Gasteiger partial charge in [0.2, 0.25) is 0 Å². The quantitative estimate of drug-likeness (QED) is 0.743. The van der Waals surface area contributed by atoms with E-state index in [2.05, 4.69) is 21.2 Å². The maximum atomic E-state index is 12.1. The Morgan fingerprint density at radius 2 is 2.00 bits per heavy atom. The van der Waals surface area contributed by atoms with Gasteiger partial charge in [-0.3, -0.25) is 4.79 Å². The van der Waals surface area contributed by atoms with Gasteiger partial charge < -0.3 is 16.2 Å². The molecule has 0 aliphatic heterocycles. The molecule has 5 heteroatoms. The maximum Gasteiger partial charge on any atom is 0.259 e. The van der Waals surface area contributed by atoms with Gasteiger partial charge in [0, 0.05) is 10.2 Å². The van der Waals surface area contributed by atoms with Crippen LogP contribution in [0.1, 0.15) is 15.9 Å². The Balaban J connectivity index is 2.28. The summed E-state index contributed by atoms with van der Waals surface area (Å²) in [5.74, 6) is -0.429. The SMILES string of the molecule is Cc1ccc(C(=O)Nc2cc(N)ccc2Br)c(O)c1. The molecule has 1 amide bonds. The molecule has 0 spiro atoms. The van der Waals surface area contributed by atoms with Crippen molar-refractivity contribution in [3.8, 4) is 5.75 Å². The summed E-state index contributed by atoms with van der Waals surface area (Å²) < 4.78 is 0.724. The Hall–Kier alpha value is -2.01. The third kappa shape index (κ3) is 3.06. The van der Waals surface area contributed by atoms with Crippen molar-refractivity contribution in [2.75, 3.05) is 11.1 Å². The summed E-state index contributed by atoms with van der Waals surface area (Å²) in [6.45, 7) is 1.84. The Bertz CT molecular complexity index is 641. The fourth-order valence-electron chi connectivity index (χ4n) is 1.66. The van der Waals surface area contributed by atoms with E-state index in [4.69, 9.17) is 5.73 Å². The van der Waals surface area contributed by atoms with Crippen LogP contribution in [0.25, 0.3) is 0 Å². The Kier molecular flexibility index (Phi) is 3.76. The number of phenols is 1. The van der Waals surface area contributed by atoms with Gasteiger partial charge in [0.25, 0.3) is 5.91 Å². The molecule has 19 heavy (non-hydrogen) atoms. The summed E-state index contributed by atoms with van der Waals surface area (Å²) in [7, 11) is 0. The Morgan fingerprint density at radius 3 is 2.68 bits per heavy atom. The Labute approximate surface area is 119 Å². The summed E-state index contributed by atoms with van der Waals surface area (Å²) >= 11 is 3.33. The lowest BCUT2D eigenvalue weighted by Gasteiger charge is -2.09. The molecule has 2 aromatic rings. The number of amides is 1. The van der Waals surface area contributed by atoms with Gasteiger partial charge in [-0.1, -0.05) is 6.07 Å². The molecule has 98 valence electrons. The van der Waals surface area contributed by atoms with Gasteiger partial charge in [-0.05, 0) is 58.7 Å². The number of nitrogens with one attached hydrogen (secondary N) is 1. The summed E-state index contributed by atoms with van der Waals surface area (Å²) in [5.41, 5.74) is 7.89. The van der Waals surface area contributed by atoms with Crippen LogP contribution in [0.3, 0.4) is 0 Å². The number of hydrogen-bond donors (Lipinski definition) is 3. The second kappa shape index (κ2) is 5.32. The number of halogens is 1. The molecule has 0 saturated heterocycles. The van der Waals surface area contributed by atoms with Gasteiger partial charge in [-0.15, -0.1) is 0 Å². The number of nitrogen functional groups attached to an aromatic ring is 1. The summed E-state index contributed by atoms with van der Waals surface area (Å²) in [6.07, 6.45) is 0. The molecule has 0 heterocycles. The minimum Gasteiger partial charge on any atom is -0.507 e. The van der Waals surface area contributed by atoms with Gasteiger partial charge in [0.15, 0.2) is 0 Å². The first-order valence-electron chi connectivity index (χ1n) is 5.63. The van der Waals surface area contributed by atoms with Crippen LogP contribution in [0, 0.1) is 6.92 Å². The van der Waals surface area contributed by atoms with Crippen molar-refractivity contribution in [2.45, 2.75) is 6.92 Å². The second-order valence-corrected chi connectivity index (χ2v) is 5.07. The fourth-order valence-corrected chi connectivity index (χ4v) is 2.01. The van der Waals surface area contributed by atoms with Crippen LogP contribution in [0.2, 0.25) is 0 Å². The lowest BCUT2D eigenvalue weighted by Crippen LogP contribution is -2.12. The van der Waals surface area contributed by atoms with Crippen LogP contribution in [-0.4, -0.2) is 11.0 Å². The van der Waals surface area contributed by atoms with Crippen molar-refractivity contribution in [1.82, 2.24) is 0 Å². The number of benzene rings is 2. The van der Waals surface area contributed by atoms with E-state index in [1.807, 2.05) is 6.92 Å². The average molecular weight is 321 g/mol. The number of hydrogen-bond acceptors (Lipinski definition) is 3. The van der Waals surface area contributed by atoms with E-state index in [0.29, 0.717) is 11.4 Å². The molecule has 0 aliphatic carbocycles. The van der Waals surface area contributed by atoms with Gasteiger partial charge in [-0.25, -0.2) is 0 Å². The molecule has 0 radical (unpaired) electrons. The molecule has 0 unspecified atom stereocenters. The third-order valence-electron chi connectivity index (χ3n) is 2.64. The van der Waals surface area contributed by atoms with Gasteiger partial charge in [-0.2, -0.15) is 0 Å². The molecule has 0 atom stereocenters. The smallest absolute Gasteiger partial charge is 0.259 e. The average Bonchev–Trinajstić information content (AvgIpc) is 2.33. The topological polar surface area (TPSA) is 75.4 Å². The molecular weight excluding hydrogens is 308 g/mol. The van der Waals surface area contributed by atoms with Crippen molar-refractivity contribution in [3.05, 3.63) is 52.0 Å². The Morgan fingerprint density at radius 1 is 1.26 bits per heavy atom. The summed E-state index contributed by atoms with van der Waals surface area (Å²) in [4.78, 5) is 12.1. The number of carbonyl (C=O) groups is 1. The predicted molar refractivity (Wildman–Crippen MR) is 79.4 cm³/mol. The highest BCUT2D eigenvalue weighted by atomic mass is 79.9. The predicted octanol–water partition coefficient (Wildman–Crippen LogP) is 3.30. The van der Waals surface area contributed by atoms with Crippen LogP contribution in [0.15, 0.2) is 40.9 Å². The molecule has 0 bridgehead atoms. The molecule has 0 saturated carbocycles. The van der Waals surface area contributed by atoms with Gasteiger partial charge in [0.1, 0.15) is 5.75 Å². The van der Waals surface area contributed by atoms with Crippen LogP contribution < -0.4 is 11.1 Å². The molecule has 2 aromatic carbocycles. The monoisotopic (exact) mass is 320 g/mol. The van der Waals surface area contributed by atoms with Crippen LogP contribution in [0.4, 0.5) is 11.4 Å². The van der Waals surface area contributed by atoms with Crippen molar-refractivity contribution in [1.29, 1.82) is 0 Å². The minimum absolute atomic E-state index is 0.0440. The number of phenolic OH excluding ortho intramolecular Hbond substituents is 1. The van der Waals surface area contributed by atoms with Crippen LogP contribution in [0.5, 0.6) is 5.75 Å². The van der Waals surface area contributed by atoms with E-state index in [1.165, 1.54) is 0 Å². The number of aryl methyl sites for hydroxylation is 1. The lowest BCUT2D eigenvalue weighted by atomic mass is 10.1.